The highest BCUT2D eigenvalue weighted by molar-refractivity contribution is 5.86. The third-order valence-corrected chi connectivity index (χ3v) is 2.63. The topological polar surface area (TPSA) is 19.9 Å². The van der Waals surface area contributed by atoms with Crippen LogP contribution in [0.3, 0.4) is 0 Å². The minimum Gasteiger partial charge on any atom is -0.236 e. The Hall–Kier alpha value is -1.34. The molecule has 2 rings (SSSR count). The molecule has 0 heterocycles. The van der Waals surface area contributed by atoms with Gasteiger partial charge in [-0.25, -0.2) is 5.11 Å². The number of benzene rings is 2. The van der Waals surface area contributed by atoms with Gasteiger partial charge in [0.05, 0.1) is 6.61 Å². The molecule has 0 amide bonds. The van der Waals surface area contributed by atoms with Crippen LogP contribution in [0.2, 0.25) is 0 Å². The van der Waals surface area contributed by atoms with E-state index in [9.17, 15) is 5.11 Å². The maximum atomic E-state index is 10.7. The van der Waals surface area contributed by atoms with Crippen LogP contribution >= 0.6 is 0 Å². The van der Waals surface area contributed by atoms with E-state index in [-0.39, 0.29) is 6.61 Å². The van der Waals surface area contributed by atoms with Crippen molar-refractivity contribution in [2.45, 2.75) is 13.3 Å². The van der Waals surface area contributed by atoms with E-state index in [0.717, 1.165) is 0 Å². The Morgan fingerprint density at radius 3 is 2.64 bits per heavy atom. The van der Waals surface area contributed by atoms with Crippen LogP contribution in [0.15, 0.2) is 36.4 Å². The second-order valence-electron chi connectivity index (χ2n) is 3.54. The summed E-state index contributed by atoms with van der Waals surface area (Å²) in [5.74, 6) is 0. The average Bonchev–Trinajstić information content (AvgIpc) is 2.23. The molecule has 0 fully saturated rings. The minimum atomic E-state index is -0.0329. The first kappa shape index (κ1) is 9.22. The van der Waals surface area contributed by atoms with Crippen molar-refractivity contribution >= 4 is 10.8 Å². The quantitative estimate of drug-likeness (QED) is 0.685. The smallest absolute Gasteiger partial charge is 0.0862 e. The zero-order chi connectivity index (χ0) is 9.97. The van der Waals surface area contributed by atoms with Crippen LogP contribution in [0.25, 0.3) is 10.8 Å². The number of hydrogen-bond donors (Lipinski definition) is 0. The summed E-state index contributed by atoms with van der Waals surface area (Å²) < 4.78 is 0. The highest BCUT2D eigenvalue weighted by Crippen LogP contribution is 2.22. The molecule has 0 N–H and O–H groups in total. The highest BCUT2D eigenvalue weighted by atomic mass is 16.2. The summed E-state index contributed by atoms with van der Waals surface area (Å²) in [5, 5.41) is 13.1. The van der Waals surface area contributed by atoms with Crippen LogP contribution < -0.4 is 0 Å². The lowest BCUT2D eigenvalue weighted by molar-refractivity contribution is 0.197. The van der Waals surface area contributed by atoms with Crippen molar-refractivity contribution in [3.63, 3.8) is 0 Å². The Kier molecular flexibility index (Phi) is 2.51. The van der Waals surface area contributed by atoms with Crippen LogP contribution in [0.5, 0.6) is 0 Å². The summed E-state index contributed by atoms with van der Waals surface area (Å²) in [6, 6.07) is 12.4. The van der Waals surface area contributed by atoms with Crippen molar-refractivity contribution in [3.05, 3.63) is 47.5 Å². The predicted octanol–water partition coefficient (Wildman–Crippen LogP) is 3.12. The third-order valence-electron chi connectivity index (χ3n) is 2.63. The van der Waals surface area contributed by atoms with Crippen molar-refractivity contribution in [3.8, 4) is 0 Å². The molecule has 14 heavy (non-hydrogen) atoms. The first-order chi connectivity index (χ1) is 6.83. The molecular formula is C13H13O. The molecule has 0 bridgehead atoms. The van der Waals surface area contributed by atoms with Crippen LogP contribution in [0, 0.1) is 6.92 Å². The zero-order valence-corrected chi connectivity index (χ0v) is 8.29. The van der Waals surface area contributed by atoms with Crippen LogP contribution in [-0.4, -0.2) is 6.61 Å². The standard InChI is InChI=1S/C13H13O/c1-10-6-7-11-4-2-3-5-13(11)12(10)8-9-14/h2-7H,8-9H2,1H3. The van der Waals surface area contributed by atoms with E-state index in [2.05, 4.69) is 31.2 Å². The Balaban J connectivity index is 2.69. The third kappa shape index (κ3) is 1.51. The van der Waals surface area contributed by atoms with E-state index in [1.165, 1.54) is 21.9 Å². The van der Waals surface area contributed by atoms with Gasteiger partial charge in [-0.15, -0.1) is 0 Å². The molecule has 0 aliphatic rings. The predicted molar refractivity (Wildman–Crippen MR) is 57.9 cm³/mol. The Morgan fingerprint density at radius 1 is 1.07 bits per heavy atom. The minimum absolute atomic E-state index is 0.0329. The summed E-state index contributed by atoms with van der Waals surface area (Å²) in [4.78, 5) is 0. The number of hydrogen-bond acceptors (Lipinski definition) is 0. The molecule has 0 aromatic heterocycles. The van der Waals surface area contributed by atoms with Gasteiger partial charge in [0, 0.05) is 0 Å². The molecule has 2 aromatic carbocycles. The lowest BCUT2D eigenvalue weighted by Crippen LogP contribution is -1.94. The molecule has 0 saturated heterocycles. The molecule has 0 atom stereocenters. The summed E-state index contributed by atoms with van der Waals surface area (Å²) in [6.45, 7) is 2.03. The van der Waals surface area contributed by atoms with E-state index >= 15 is 0 Å². The SMILES string of the molecule is Cc1ccc2ccccc2c1CC[O]. The number of aryl methyl sites for hydroxylation is 1. The molecule has 1 heteroatoms. The van der Waals surface area contributed by atoms with Crippen LogP contribution in [0.4, 0.5) is 0 Å². The monoisotopic (exact) mass is 185 g/mol. The lowest BCUT2D eigenvalue weighted by Gasteiger charge is -2.08. The van der Waals surface area contributed by atoms with Crippen molar-refractivity contribution in [1.29, 1.82) is 0 Å². The van der Waals surface area contributed by atoms with Crippen LogP contribution in [0.1, 0.15) is 11.1 Å². The fraction of sp³-hybridized carbons (Fsp3) is 0.231. The van der Waals surface area contributed by atoms with Gasteiger partial charge in [-0.3, -0.25) is 0 Å². The molecule has 71 valence electrons. The molecule has 0 unspecified atom stereocenters. The number of fused-ring (bicyclic) bond motifs is 1. The first-order valence-corrected chi connectivity index (χ1v) is 4.88. The van der Waals surface area contributed by atoms with E-state index in [1.807, 2.05) is 12.1 Å². The molecule has 0 spiro atoms. The molecule has 2 aromatic rings. The lowest BCUT2D eigenvalue weighted by atomic mass is 9.98. The number of rotatable bonds is 2. The second kappa shape index (κ2) is 3.81. The molecule has 0 aliphatic heterocycles. The van der Waals surface area contributed by atoms with Gasteiger partial charge in [-0.1, -0.05) is 36.4 Å². The largest absolute Gasteiger partial charge is 0.236 e. The molecule has 0 aliphatic carbocycles. The van der Waals surface area contributed by atoms with Crippen molar-refractivity contribution in [1.82, 2.24) is 0 Å². The molecule has 0 saturated carbocycles. The first-order valence-electron chi connectivity index (χ1n) is 4.88. The molecular weight excluding hydrogens is 172 g/mol. The molecule has 1 nitrogen and oxygen atoms in total. The van der Waals surface area contributed by atoms with Gasteiger partial charge in [-0.05, 0) is 35.2 Å². The molecule has 1 radical (unpaired) electrons. The summed E-state index contributed by atoms with van der Waals surface area (Å²) in [5.41, 5.74) is 2.43. The summed E-state index contributed by atoms with van der Waals surface area (Å²) >= 11 is 0. The van der Waals surface area contributed by atoms with Gasteiger partial charge < -0.3 is 0 Å². The van der Waals surface area contributed by atoms with Crippen molar-refractivity contribution in [2.75, 3.05) is 6.61 Å². The van der Waals surface area contributed by atoms with Gasteiger partial charge in [0.2, 0.25) is 0 Å². The van der Waals surface area contributed by atoms with Gasteiger partial charge in [0.1, 0.15) is 0 Å². The zero-order valence-electron chi connectivity index (χ0n) is 8.29. The van der Waals surface area contributed by atoms with E-state index in [0.29, 0.717) is 6.42 Å². The van der Waals surface area contributed by atoms with Gasteiger partial charge in [0.25, 0.3) is 0 Å². The average molecular weight is 185 g/mol. The van der Waals surface area contributed by atoms with Gasteiger partial charge in [-0.2, -0.15) is 0 Å². The Bertz CT molecular complexity index is 446. The van der Waals surface area contributed by atoms with Crippen LogP contribution in [-0.2, 0) is 11.5 Å². The Morgan fingerprint density at radius 2 is 1.86 bits per heavy atom. The van der Waals surface area contributed by atoms with Crippen molar-refractivity contribution in [2.24, 2.45) is 0 Å². The second-order valence-corrected chi connectivity index (χ2v) is 3.54. The van der Waals surface area contributed by atoms with Gasteiger partial charge >= 0.3 is 0 Å². The maximum absolute atomic E-state index is 10.7. The highest BCUT2D eigenvalue weighted by Gasteiger charge is 2.03. The maximum Gasteiger partial charge on any atom is 0.0862 e. The van der Waals surface area contributed by atoms with E-state index in [1.54, 1.807) is 0 Å². The Labute approximate surface area is 84.0 Å². The summed E-state index contributed by atoms with van der Waals surface area (Å²) in [6.07, 6.45) is 0.632. The van der Waals surface area contributed by atoms with E-state index < -0.39 is 0 Å². The normalized spacial score (nSPS) is 10.7. The van der Waals surface area contributed by atoms with Gasteiger partial charge in [0.15, 0.2) is 0 Å². The fourth-order valence-electron chi connectivity index (χ4n) is 1.88. The van der Waals surface area contributed by atoms with E-state index in [4.69, 9.17) is 0 Å². The fourth-order valence-corrected chi connectivity index (χ4v) is 1.88. The van der Waals surface area contributed by atoms with Crippen molar-refractivity contribution < 1.29 is 5.11 Å². The summed E-state index contributed by atoms with van der Waals surface area (Å²) in [7, 11) is 0.